The van der Waals surface area contributed by atoms with E-state index >= 15 is 0 Å². The zero-order chi connectivity index (χ0) is 10.1. The molecule has 0 bridgehead atoms. The first kappa shape index (κ1) is 9.89. The Balaban J connectivity index is 3.19. The molecule has 0 atom stereocenters. The first-order valence-corrected chi connectivity index (χ1v) is 3.48. The van der Waals surface area contributed by atoms with E-state index in [9.17, 15) is 17.3 Å². The SMILES string of the molecule is COc1ccc(F)c([B-](F)(F)F)c1. The number of hydrogen-bond donors (Lipinski definition) is 0. The zero-order valence-corrected chi connectivity index (χ0v) is 6.73. The maximum absolute atomic E-state index is 12.6. The van der Waals surface area contributed by atoms with E-state index in [1.807, 2.05) is 0 Å². The minimum absolute atomic E-state index is 0.00407. The summed E-state index contributed by atoms with van der Waals surface area (Å²) in [4.78, 5) is 0. The van der Waals surface area contributed by atoms with Gasteiger partial charge in [-0.25, -0.2) is 4.39 Å². The Bertz CT molecular complexity index is 310. The maximum Gasteiger partial charge on any atom is 0.512 e. The second-order valence-corrected chi connectivity index (χ2v) is 2.46. The number of ether oxygens (including phenoxy) is 1. The summed E-state index contributed by atoms with van der Waals surface area (Å²) in [6, 6.07) is 2.53. The molecule has 1 rings (SSSR count). The van der Waals surface area contributed by atoms with Crippen molar-refractivity contribution in [3.63, 3.8) is 0 Å². The molecule has 0 aliphatic rings. The molecular formula is C7H6BF4O-. The van der Waals surface area contributed by atoms with E-state index in [-0.39, 0.29) is 5.75 Å². The summed E-state index contributed by atoms with van der Waals surface area (Å²) in [5.74, 6) is -1.27. The molecule has 0 amide bonds. The van der Waals surface area contributed by atoms with E-state index in [1.165, 1.54) is 7.11 Å². The zero-order valence-electron chi connectivity index (χ0n) is 6.73. The molecule has 0 unspecified atom stereocenters. The average Bonchev–Trinajstić information content (AvgIpc) is 2.03. The molecular weight excluding hydrogens is 187 g/mol. The molecule has 1 aromatic carbocycles. The fourth-order valence-corrected chi connectivity index (χ4v) is 0.900. The number of hydrogen-bond acceptors (Lipinski definition) is 1. The lowest BCUT2D eigenvalue weighted by Crippen LogP contribution is -2.36. The summed E-state index contributed by atoms with van der Waals surface area (Å²) in [7, 11) is 1.22. The third-order valence-electron chi connectivity index (χ3n) is 1.56. The van der Waals surface area contributed by atoms with Crippen LogP contribution in [0.2, 0.25) is 0 Å². The molecule has 0 aliphatic carbocycles. The second kappa shape index (κ2) is 3.28. The van der Waals surface area contributed by atoms with Crippen molar-refractivity contribution in [3.05, 3.63) is 24.0 Å². The number of rotatable bonds is 2. The van der Waals surface area contributed by atoms with Crippen molar-refractivity contribution >= 4 is 12.4 Å². The van der Waals surface area contributed by atoms with Crippen molar-refractivity contribution in [2.75, 3.05) is 7.11 Å². The lowest BCUT2D eigenvalue weighted by atomic mass is 9.79. The van der Waals surface area contributed by atoms with Crippen LogP contribution in [0, 0.1) is 5.82 Å². The Morgan fingerprint density at radius 2 is 1.85 bits per heavy atom. The fourth-order valence-electron chi connectivity index (χ4n) is 0.900. The van der Waals surface area contributed by atoms with Crippen LogP contribution in [0.15, 0.2) is 18.2 Å². The predicted octanol–water partition coefficient (Wildman–Crippen LogP) is 1.89. The van der Waals surface area contributed by atoms with Gasteiger partial charge in [0.1, 0.15) is 5.75 Å². The minimum Gasteiger partial charge on any atom is -0.497 e. The van der Waals surface area contributed by atoms with Gasteiger partial charge in [0.2, 0.25) is 0 Å². The van der Waals surface area contributed by atoms with Crippen molar-refractivity contribution in [2.24, 2.45) is 0 Å². The normalized spacial score (nSPS) is 11.5. The van der Waals surface area contributed by atoms with Crippen molar-refractivity contribution < 1.29 is 22.1 Å². The number of halogens is 4. The Labute approximate surface area is 72.4 Å². The van der Waals surface area contributed by atoms with E-state index in [1.54, 1.807) is 0 Å². The molecule has 0 fully saturated rings. The van der Waals surface area contributed by atoms with Crippen molar-refractivity contribution in [2.45, 2.75) is 0 Å². The van der Waals surface area contributed by atoms with Gasteiger partial charge in [0.05, 0.1) is 12.9 Å². The Hall–Kier alpha value is -1.20. The second-order valence-electron chi connectivity index (χ2n) is 2.46. The molecule has 0 saturated heterocycles. The monoisotopic (exact) mass is 193 g/mol. The Morgan fingerprint density at radius 1 is 1.23 bits per heavy atom. The van der Waals surface area contributed by atoms with Crippen LogP contribution in [0.4, 0.5) is 17.3 Å². The van der Waals surface area contributed by atoms with Crippen LogP contribution in [0.5, 0.6) is 5.75 Å². The maximum atomic E-state index is 12.6. The van der Waals surface area contributed by atoms with Gasteiger partial charge >= 0.3 is 6.98 Å². The lowest BCUT2D eigenvalue weighted by molar-refractivity contribution is 0.413. The summed E-state index contributed by atoms with van der Waals surface area (Å²) in [5.41, 5.74) is -1.25. The molecule has 1 aromatic rings. The van der Waals surface area contributed by atoms with Gasteiger partial charge in [0.25, 0.3) is 0 Å². The third kappa shape index (κ3) is 2.14. The molecule has 0 saturated carbocycles. The molecule has 6 heteroatoms. The van der Waals surface area contributed by atoms with Gasteiger partial charge in [-0.2, -0.15) is 0 Å². The molecule has 0 spiro atoms. The highest BCUT2D eigenvalue weighted by molar-refractivity contribution is 6.73. The third-order valence-corrected chi connectivity index (χ3v) is 1.56. The Morgan fingerprint density at radius 3 is 2.31 bits per heavy atom. The summed E-state index contributed by atoms with van der Waals surface area (Å²) in [6.07, 6.45) is 0. The van der Waals surface area contributed by atoms with Crippen LogP contribution in [-0.2, 0) is 0 Å². The molecule has 0 N–H and O–H groups in total. The predicted molar refractivity (Wildman–Crippen MR) is 41.7 cm³/mol. The van der Waals surface area contributed by atoms with Crippen molar-refractivity contribution in [1.29, 1.82) is 0 Å². The summed E-state index contributed by atoms with van der Waals surface area (Å²) in [6.45, 7) is -5.31. The molecule has 1 nitrogen and oxygen atoms in total. The van der Waals surface area contributed by atoms with Crippen LogP contribution in [0.1, 0.15) is 0 Å². The summed E-state index contributed by atoms with van der Waals surface area (Å²) < 4.78 is 53.6. The fraction of sp³-hybridized carbons (Fsp3) is 0.143. The highest BCUT2D eigenvalue weighted by Gasteiger charge is 2.29. The molecule has 72 valence electrons. The standard InChI is InChI=1S/C7H6BF4O/c1-13-5-2-3-7(9)6(4-5)8(10,11)12/h2-4H,1H3/q-1. The molecule has 0 aromatic heterocycles. The van der Waals surface area contributed by atoms with Gasteiger partial charge in [0, 0.05) is 0 Å². The van der Waals surface area contributed by atoms with Gasteiger partial charge in [-0.3, -0.25) is 0 Å². The van der Waals surface area contributed by atoms with E-state index in [4.69, 9.17) is 0 Å². The molecule has 13 heavy (non-hydrogen) atoms. The highest BCUT2D eigenvalue weighted by atomic mass is 19.4. The molecule has 0 heterocycles. The summed E-state index contributed by atoms with van der Waals surface area (Å²) >= 11 is 0. The van der Waals surface area contributed by atoms with Gasteiger partial charge < -0.3 is 17.7 Å². The Kier molecular flexibility index (Phi) is 2.49. The first-order chi connectivity index (χ1) is 5.95. The largest absolute Gasteiger partial charge is 0.512 e. The van der Waals surface area contributed by atoms with Crippen molar-refractivity contribution in [1.82, 2.24) is 0 Å². The van der Waals surface area contributed by atoms with Crippen LogP contribution >= 0.6 is 0 Å². The smallest absolute Gasteiger partial charge is 0.497 e. The van der Waals surface area contributed by atoms with Gasteiger partial charge in [-0.15, -0.1) is 0 Å². The van der Waals surface area contributed by atoms with Gasteiger partial charge in [-0.1, -0.05) is 5.46 Å². The van der Waals surface area contributed by atoms with E-state index in [0.717, 1.165) is 12.1 Å². The first-order valence-electron chi connectivity index (χ1n) is 3.48. The van der Waals surface area contributed by atoms with Gasteiger partial charge in [0.15, 0.2) is 0 Å². The highest BCUT2D eigenvalue weighted by Crippen LogP contribution is 2.16. The van der Waals surface area contributed by atoms with Crippen LogP contribution in [-0.4, -0.2) is 14.1 Å². The number of methoxy groups -OCH3 is 1. The van der Waals surface area contributed by atoms with Crippen LogP contribution in [0.3, 0.4) is 0 Å². The molecule has 0 aliphatic heterocycles. The van der Waals surface area contributed by atoms with E-state index < -0.39 is 18.3 Å². The van der Waals surface area contributed by atoms with Crippen LogP contribution < -0.4 is 10.2 Å². The molecule has 0 radical (unpaired) electrons. The van der Waals surface area contributed by atoms with Crippen molar-refractivity contribution in [3.8, 4) is 5.75 Å². The topological polar surface area (TPSA) is 9.23 Å². The minimum atomic E-state index is -5.31. The lowest BCUT2D eigenvalue weighted by Gasteiger charge is -2.16. The summed E-state index contributed by atoms with van der Waals surface area (Å²) in [5, 5.41) is 0. The van der Waals surface area contributed by atoms with E-state index in [0.29, 0.717) is 6.07 Å². The van der Waals surface area contributed by atoms with Crippen LogP contribution in [0.25, 0.3) is 0 Å². The number of benzene rings is 1. The quantitative estimate of drug-likeness (QED) is 0.514. The van der Waals surface area contributed by atoms with E-state index in [2.05, 4.69) is 4.74 Å². The van der Waals surface area contributed by atoms with Gasteiger partial charge in [-0.05, 0) is 18.2 Å². The average molecular weight is 193 g/mol.